The number of hydrogen-bond acceptors (Lipinski definition) is 6. The minimum atomic E-state index is -0.371. The third-order valence-electron chi connectivity index (χ3n) is 5.54. The zero-order valence-electron chi connectivity index (χ0n) is 18.4. The van der Waals surface area contributed by atoms with E-state index in [1.165, 1.54) is 49.0 Å². The van der Waals surface area contributed by atoms with Crippen molar-refractivity contribution in [2.45, 2.75) is 58.0 Å². The summed E-state index contributed by atoms with van der Waals surface area (Å²) in [5.74, 6) is 0.675. The fourth-order valence-electron chi connectivity index (χ4n) is 3.96. The molecule has 1 aromatic heterocycles. The van der Waals surface area contributed by atoms with Crippen LogP contribution < -0.4 is 10.1 Å². The molecule has 168 valence electrons. The van der Waals surface area contributed by atoms with Crippen LogP contribution in [-0.2, 0) is 9.53 Å². The number of nitrogens with zero attached hydrogens (tertiary/aromatic N) is 1. The number of fused-ring (bicyclic) bond motifs is 1. The van der Waals surface area contributed by atoms with E-state index in [-0.39, 0.29) is 24.6 Å². The Bertz CT molecular complexity index is 1090. The molecule has 0 atom stereocenters. The van der Waals surface area contributed by atoms with E-state index >= 15 is 0 Å². The maximum atomic E-state index is 12.3. The number of carbonyl (C=O) groups excluding carboxylic acids is 2. The van der Waals surface area contributed by atoms with Gasteiger partial charge in [-0.05, 0) is 68.5 Å². The van der Waals surface area contributed by atoms with E-state index in [0.29, 0.717) is 27.9 Å². The molecule has 1 saturated carbocycles. The van der Waals surface area contributed by atoms with Crippen LogP contribution in [0.1, 0.15) is 67.8 Å². The molecule has 2 aromatic carbocycles. The summed E-state index contributed by atoms with van der Waals surface area (Å²) in [6.45, 7) is 3.53. The van der Waals surface area contributed by atoms with E-state index < -0.39 is 0 Å². The molecule has 6 nitrogen and oxygen atoms in total. The molecule has 1 amide bonds. The molecular formula is C25H28N2O4S. The molecule has 3 aromatic rings. The minimum absolute atomic E-state index is 0.0926. The van der Waals surface area contributed by atoms with Crippen molar-refractivity contribution in [3.05, 3.63) is 53.6 Å². The van der Waals surface area contributed by atoms with Gasteiger partial charge in [0.2, 0.25) is 0 Å². The quantitative estimate of drug-likeness (QED) is 0.450. The number of carbonyl (C=O) groups is 2. The molecule has 0 spiro atoms. The van der Waals surface area contributed by atoms with Gasteiger partial charge in [0.1, 0.15) is 5.75 Å². The molecule has 1 fully saturated rings. The topological polar surface area (TPSA) is 77.5 Å². The van der Waals surface area contributed by atoms with Crippen molar-refractivity contribution < 1.29 is 19.1 Å². The lowest BCUT2D eigenvalue weighted by molar-refractivity contribution is -0.118. The minimum Gasteiger partial charge on any atom is -0.484 e. The van der Waals surface area contributed by atoms with Crippen molar-refractivity contribution in [1.29, 1.82) is 0 Å². The predicted octanol–water partition coefficient (Wildman–Crippen LogP) is 5.93. The highest BCUT2D eigenvalue weighted by Crippen LogP contribution is 2.33. The van der Waals surface area contributed by atoms with Gasteiger partial charge in [-0.2, -0.15) is 0 Å². The smallest absolute Gasteiger partial charge is 0.338 e. The van der Waals surface area contributed by atoms with E-state index in [0.717, 1.165) is 4.70 Å². The van der Waals surface area contributed by atoms with Crippen LogP contribution in [-0.4, -0.2) is 29.6 Å². The number of esters is 1. The second-order valence-electron chi connectivity index (χ2n) is 8.40. The van der Waals surface area contributed by atoms with Gasteiger partial charge in [0.15, 0.2) is 11.7 Å². The number of nitrogens with one attached hydrogen (secondary N) is 1. The molecule has 4 rings (SSSR count). The van der Waals surface area contributed by atoms with Gasteiger partial charge in [0, 0.05) is 0 Å². The van der Waals surface area contributed by atoms with E-state index in [9.17, 15) is 9.59 Å². The van der Waals surface area contributed by atoms with Crippen LogP contribution in [0, 0.1) is 0 Å². The van der Waals surface area contributed by atoms with Crippen LogP contribution in [0.15, 0.2) is 42.5 Å². The zero-order valence-corrected chi connectivity index (χ0v) is 19.2. The largest absolute Gasteiger partial charge is 0.484 e. The molecule has 0 unspecified atom stereocenters. The van der Waals surface area contributed by atoms with Crippen molar-refractivity contribution in [1.82, 2.24) is 4.98 Å². The lowest BCUT2D eigenvalue weighted by atomic mass is 9.84. The lowest BCUT2D eigenvalue weighted by Crippen LogP contribution is -2.20. The fraction of sp³-hybridized carbons (Fsp3) is 0.400. The number of hydrogen-bond donors (Lipinski definition) is 1. The Balaban J connectivity index is 1.32. The number of aromatic nitrogens is 1. The SMILES string of the molecule is CC(C)OC(=O)c1ccc2nc(NC(=O)COc3ccc(C4CCCCC4)cc3)sc2c1. The molecule has 0 aliphatic heterocycles. The molecule has 1 aliphatic rings. The first-order chi connectivity index (χ1) is 15.5. The second-order valence-corrected chi connectivity index (χ2v) is 9.43. The third kappa shape index (κ3) is 5.65. The Morgan fingerprint density at radius 1 is 1.09 bits per heavy atom. The number of anilines is 1. The van der Waals surface area contributed by atoms with Crippen LogP contribution in [0.4, 0.5) is 5.13 Å². The lowest BCUT2D eigenvalue weighted by Gasteiger charge is -2.22. The summed E-state index contributed by atoms with van der Waals surface area (Å²) in [6, 6.07) is 13.3. The Kier molecular flexibility index (Phi) is 7.05. The molecule has 0 bridgehead atoms. The van der Waals surface area contributed by atoms with Gasteiger partial charge < -0.3 is 9.47 Å². The van der Waals surface area contributed by atoms with Crippen LogP contribution in [0.2, 0.25) is 0 Å². The Morgan fingerprint density at radius 2 is 1.84 bits per heavy atom. The Labute approximate surface area is 192 Å². The summed E-state index contributed by atoms with van der Waals surface area (Å²) >= 11 is 1.31. The Morgan fingerprint density at radius 3 is 2.56 bits per heavy atom. The van der Waals surface area contributed by atoms with E-state index in [1.807, 2.05) is 26.0 Å². The summed E-state index contributed by atoms with van der Waals surface area (Å²) in [5, 5.41) is 3.24. The highest BCUT2D eigenvalue weighted by molar-refractivity contribution is 7.22. The normalized spacial score (nSPS) is 14.5. The molecule has 7 heteroatoms. The first-order valence-electron chi connectivity index (χ1n) is 11.1. The standard InChI is InChI=1S/C25H28N2O4S/c1-16(2)31-24(29)19-10-13-21-22(14-19)32-25(26-21)27-23(28)15-30-20-11-8-18(9-12-20)17-6-4-3-5-7-17/h8-14,16-17H,3-7,15H2,1-2H3,(H,26,27,28). The summed E-state index contributed by atoms with van der Waals surface area (Å²) in [7, 11) is 0. The van der Waals surface area contributed by atoms with Crippen LogP contribution in [0.5, 0.6) is 5.75 Å². The van der Waals surface area contributed by atoms with Gasteiger partial charge in [-0.1, -0.05) is 42.7 Å². The van der Waals surface area contributed by atoms with E-state index in [2.05, 4.69) is 22.4 Å². The highest BCUT2D eigenvalue weighted by Gasteiger charge is 2.16. The predicted molar refractivity (Wildman–Crippen MR) is 127 cm³/mol. The van der Waals surface area contributed by atoms with Gasteiger partial charge in [-0.15, -0.1) is 0 Å². The summed E-state index contributed by atoms with van der Waals surface area (Å²) in [6.07, 6.45) is 6.28. The fourth-order valence-corrected chi connectivity index (χ4v) is 4.88. The highest BCUT2D eigenvalue weighted by atomic mass is 32.1. The van der Waals surface area contributed by atoms with Crippen LogP contribution >= 0.6 is 11.3 Å². The average molecular weight is 453 g/mol. The summed E-state index contributed by atoms with van der Waals surface area (Å²) < 4.78 is 11.7. The van der Waals surface area contributed by atoms with Crippen LogP contribution in [0.3, 0.4) is 0 Å². The first kappa shape index (κ1) is 22.3. The second kappa shape index (κ2) is 10.1. The third-order valence-corrected chi connectivity index (χ3v) is 6.47. The molecular weight excluding hydrogens is 424 g/mol. The van der Waals surface area contributed by atoms with Crippen molar-refractivity contribution in [3.8, 4) is 5.75 Å². The van der Waals surface area contributed by atoms with E-state index in [4.69, 9.17) is 9.47 Å². The van der Waals surface area contributed by atoms with Gasteiger partial charge >= 0.3 is 5.97 Å². The van der Waals surface area contributed by atoms with Gasteiger partial charge in [0.25, 0.3) is 5.91 Å². The van der Waals surface area contributed by atoms with Crippen molar-refractivity contribution in [3.63, 3.8) is 0 Å². The molecule has 1 N–H and O–H groups in total. The summed E-state index contributed by atoms with van der Waals surface area (Å²) in [5.41, 5.74) is 2.53. The number of rotatable bonds is 7. The number of ether oxygens (including phenoxy) is 2. The van der Waals surface area contributed by atoms with Crippen molar-refractivity contribution in [2.24, 2.45) is 0 Å². The van der Waals surface area contributed by atoms with Gasteiger partial charge in [-0.3, -0.25) is 10.1 Å². The maximum Gasteiger partial charge on any atom is 0.338 e. The van der Waals surface area contributed by atoms with Crippen molar-refractivity contribution in [2.75, 3.05) is 11.9 Å². The summed E-state index contributed by atoms with van der Waals surface area (Å²) in [4.78, 5) is 28.8. The molecule has 32 heavy (non-hydrogen) atoms. The zero-order chi connectivity index (χ0) is 22.5. The molecule has 1 heterocycles. The van der Waals surface area contributed by atoms with Crippen LogP contribution in [0.25, 0.3) is 10.2 Å². The molecule has 0 radical (unpaired) electrons. The first-order valence-corrected chi connectivity index (χ1v) is 11.9. The Hall–Kier alpha value is -2.93. The van der Waals surface area contributed by atoms with E-state index in [1.54, 1.807) is 18.2 Å². The number of amides is 1. The van der Waals surface area contributed by atoms with Crippen molar-refractivity contribution >= 4 is 38.6 Å². The molecule has 0 saturated heterocycles. The monoisotopic (exact) mass is 452 g/mol. The average Bonchev–Trinajstić information content (AvgIpc) is 3.19. The number of benzene rings is 2. The van der Waals surface area contributed by atoms with Gasteiger partial charge in [-0.25, -0.2) is 9.78 Å². The van der Waals surface area contributed by atoms with Gasteiger partial charge in [0.05, 0.1) is 21.9 Å². The molecule has 1 aliphatic carbocycles. The number of thiazole rings is 1. The maximum absolute atomic E-state index is 12.3.